The normalized spacial score (nSPS) is 11.8. The molecule has 1 unspecified atom stereocenters. The Hall–Kier alpha value is -1.10. The van der Waals surface area contributed by atoms with E-state index in [1.807, 2.05) is 0 Å². The van der Waals surface area contributed by atoms with Gasteiger partial charge in [-0.2, -0.15) is 0 Å². The molecule has 0 aliphatic carbocycles. The molecule has 12 heavy (non-hydrogen) atoms. The Kier molecular flexibility index (Phi) is 6.00. The minimum atomic E-state index is -0.448. The molecule has 2 amide bonds. The van der Waals surface area contributed by atoms with Gasteiger partial charge in [0.2, 0.25) is 12.3 Å². The molecule has 0 aromatic rings. The first-order chi connectivity index (χ1) is 5.76. The second-order valence-corrected chi connectivity index (χ2v) is 2.38. The molecule has 0 aromatic heterocycles. The highest BCUT2D eigenvalue weighted by atomic mass is 16.2. The minimum absolute atomic E-state index is 0.185. The predicted octanol–water partition coefficient (Wildman–Crippen LogP) is -1.41. The van der Waals surface area contributed by atoms with Crippen molar-refractivity contribution in [1.29, 1.82) is 0 Å². The summed E-state index contributed by atoms with van der Waals surface area (Å²) in [7, 11) is 1.53. The van der Waals surface area contributed by atoms with Crippen LogP contribution in [-0.4, -0.2) is 32.0 Å². The van der Waals surface area contributed by atoms with Gasteiger partial charge in [-0.15, -0.1) is 0 Å². The topological polar surface area (TPSA) is 84.2 Å². The molecule has 0 saturated carbocycles. The third-order valence-corrected chi connectivity index (χ3v) is 1.53. The first-order valence-electron chi connectivity index (χ1n) is 3.87. The number of likely N-dealkylation sites (N-methyl/N-ethyl adjacent to an activating group) is 1. The Labute approximate surface area is 71.7 Å². The highest BCUT2D eigenvalue weighted by molar-refractivity contribution is 5.83. The monoisotopic (exact) mass is 173 g/mol. The Morgan fingerprint density at radius 3 is 2.75 bits per heavy atom. The van der Waals surface area contributed by atoms with E-state index in [0.29, 0.717) is 19.4 Å². The second kappa shape index (κ2) is 6.60. The Balaban J connectivity index is 3.84. The van der Waals surface area contributed by atoms with E-state index in [9.17, 15) is 9.59 Å². The number of hydrogen-bond donors (Lipinski definition) is 3. The molecule has 5 nitrogen and oxygen atoms in total. The Bertz CT molecular complexity index is 150. The molecular weight excluding hydrogens is 158 g/mol. The van der Waals surface area contributed by atoms with Gasteiger partial charge < -0.3 is 16.4 Å². The average molecular weight is 173 g/mol. The minimum Gasteiger partial charge on any atom is -0.357 e. The quantitative estimate of drug-likeness (QED) is 0.431. The van der Waals surface area contributed by atoms with Crippen LogP contribution in [0.4, 0.5) is 0 Å². The summed E-state index contributed by atoms with van der Waals surface area (Å²) in [5.74, 6) is -0.185. The summed E-state index contributed by atoms with van der Waals surface area (Å²) in [5.41, 5.74) is 5.27. The molecule has 70 valence electrons. The van der Waals surface area contributed by atoms with Crippen LogP contribution >= 0.6 is 0 Å². The van der Waals surface area contributed by atoms with Crippen LogP contribution in [0.3, 0.4) is 0 Å². The van der Waals surface area contributed by atoms with Crippen LogP contribution in [0.5, 0.6) is 0 Å². The first kappa shape index (κ1) is 10.9. The smallest absolute Gasteiger partial charge is 0.242 e. The molecule has 4 N–H and O–H groups in total. The maximum atomic E-state index is 11.0. The molecule has 0 radical (unpaired) electrons. The zero-order valence-corrected chi connectivity index (χ0v) is 7.17. The number of rotatable bonds is 6. The van der Waals surface area contributed by atoms with Crippen LogP contribution in [0.2, 0.25) is 0 Å². The van der Waals surface area contributed by atoms with Gasteiger partial charge in [0, 0.05) is 7.05 Å². The highest BCUT2D eigenvalue weighted by Crippen LogP contribution is 1.94. The third kappa shape index (κ3) is 3.92. The molecule has 0 spiro atoms. The van der Waals surface area contributed by atoms with Gasteiger partial charge in [-0.1, -0.05) is 0 Å². The van der Waals surface area contributed by atoms with E-state index in [-0.39, 0.29) is 5.91 Å². The molecule has 0 saturated heterocycles. The molecular formula is C7H15N3O2. The van der Waals surface area contributed by atoms with Gasteiger partial charge in [-0.3, -0.25) is 9.59 Å². The number of amides is 2. The molecule has 0 rings (SSSR count). The second-order valence-electron chi connectivity index (χ2n) is 2.38. The number of hydrogen-bond acceptors (Lipinski definition) is 3. The van der Waals surface area contributed by atoms with E-state index in [4.69, 9.17) is 5.73 Å². The van der Waals surface area contributed by atoms with Crippen molar-refractivity contribution in [1.82, 2.24) is 10.6 Å². The van der Waals surface area contributed by atoms with Crippen molar-refractivity contribution in [3.8, 4) is 0 Å². The van der Waals surface area contributed by atoms with Gasteiger partial charge in [0.05, 0.1) is 0 Å². The Morgan fingerprint density at radius 2 is 2.33 bits per heavy atom. The van der Waals surface area contributed by atoms with Crippen LogP contribution in [0.25, 0.3) is 0 Å². The summed E-state index contributed by atoms with van der Waals surface area (Å²) >= 11 is 0. The van der Waals surface area contributed by atoms with Crippen molar-refractivity contribution in [3.63, 3.8) is 0 Å². The van der Waals surface area contributed by atoms with Crippen LogP contribution < -0.4 is 16.4 Å². The first-order valence-corrected chi connectivity index (χ1v) is 3.87. The zero-order valence-electron chi connectivity index (χ0n) is 7.17. The summed E-state index contributed by atoms with van der Waals surface area (Å²) in [6.45, 7) is 0.522. The van der Waals surface area contributed by atoms with Crippen LogP contribution in [0.1, 0.15) is 12.8 Å². The van der Waals surface area contributed by atoms with Gasteiger partial charge in [0.15, 0.2) is 0 Å². The van der Waals surface area contributed by atoms with Crippen molar-refractivity contribution in [2.75, 3.05) is 13.6 Å². The number of nitrogens with one attached hydrogen (secondary N) is 2. The van der Waals surface area contributed by atoms with E-state index in [2.05, 4.69) is 10.6 Å². The van der Waals surface area contributed by atoms with Crippen molar-refractivity contribution in [3.05, 3.63) is 0 Å². The zero-order chi connectivity index (χ0) is 9.40. The maximum Gasteiger partial charge on any atom is 0.242 e. The third-order valence-electron chi connectivity index (χ3n) is 1.53. The van der Waals surface area contributed by atoms with Crippen LogP contribution in [-0.2, 0) is 9.59 Å². The molecule has 0 aliphatic heterocycles. The van der Waals surface area contributed by atoms with Crippen molar-refractivity contribution in [2.24, 2.45) is 5.73 Å². The molecule has 5 heteroatoms. The summed E-state index contributed by atoms with van der Waals surface area (Å²) in [6.07, 6.45) is 1.82. The molecule has 0 bridgehead atoms. The molecule has 0 fully saturated rings. The largest absolute Gasteiger partial charge is 0.357 e. The van der Waals surface area contributed by atoms with E-state index in [1.54, 1.807) is 0 Å². The van der Waals surface area contributed by atoms with Gasteiger partial charge in [0.1, 0.15) is 6.04 Å². The summed E-state index contributed by atoms with van der Waals surface area (Å²) < 4.78 is 0. The van der Waals surface area contributed by atoms with Gasteiger partial charge in [-0.05, 0) is 19.4 Å². The molecule has 0 aliphatic rings. The fourth-order valence-corrected chi connectivity index (χ4v) is 0.868. The predicted molar refractivity (Wildman–Crippen MR) is 45.3 cm³/mol. The summed E-state index contributed by atoms with van der Waals surface area (Å²) in [4.78, 5) is 21.1. The number of carbonyl (C=O) groups excluding carboxylic acids is 2. The lowest BCUT2D eigenvalue weighted by Gasteiger charge is -2.12. The van der Waals surface area contributed by atoms with Crippen LogP contribution in [0, 0.1) is 0 Å². The van der Waals surface area contributed by atoms with Crippen molar-refractivity contribution < 1.29 is 9.59 Å². The fraction of sp³-hybridized carbons (Fsp3) is 0.714. The average Bonchev–Trinajstić information content (AvgIpc) is 2.11. The number of nitrogens with two attached hydrogens (primary N) is 1. The van der Waals surface area contributed by atoms with E-state index in [0.717, 1.165) is 6.42 Å². The highest BCUT2D eigenvalue weighted by Gasteiger charge is 2.14. The molecule has 0 aromatic carbocycles. The van der Waals surface area contributed by atoms with E-state index in [1.165, 1.54) is 7.05 Å². The van der Waals surface area contributed by atoms with E-state index >= 15 is 0 Å². The van der Waals surface area contributed by atoms with Crippen molar-refractivity contribution in [2.45, 2.75) is 18.9 Å². The fourth-order valence-electron chi connectivity index (χ4n) is 0.868. The van der Waals surface area contributed by atoms with Gasteiger partial charge in [-0.25, -0.2) is 0 Å². The van der Waals surface area contributed by atoms with E-state index < -0.39 is 6.04 Å². The standard InChI is InChI=1S/C7H15N3O2/c1-9-7(12)6(10-5-11)3-2-4-8/h5-6H,2-4,8H2,1H3,(H,9,12)(H,10,11). The lowest BCUT2D eigenvalue weighted by atomic mass is 10.1. The van der Waals surface area contributed by atoms with Crippen molar-refractivity contribution >= 4 is 12.3 Å². The summed E-state index contributed by atoms with van der Waals surface area (Å²) in [6, 6.07) is -0.448. The maximum absolute atomic E-state index is 11.0. The molecule has 0 heterocycles. The Morgan fingerprint density at radius 1 is 1.67 bits per heavy atom. The lowest BCUT2D eigenvalue weighted by molar-refractivity contribution is -0.125. The number of carbonyl (C=O) groups is 2. The van der Waals surface area contributed by atoms with Gasteiger partial charge in [0.25, 0.3) is 0 Å². The van der Waals surface area contributed by atoms with Crippen LogP contribution in [0.15, 0.2) is 0 Å². The summed E-state index contributed by atoms with van der Waals surface area (Å²) in [5, 5.41) is 4.88. The van der Waals surface area contributed by atoms with Gasteiger partial charge >= 0.3 is 0 Å². The SMILES string of the molecule is CNC(=O)C(CCCN)NC=O. The molecule has 1 atom stereocenters. The lowest BCUT2D eigenvalue weighted by Crippen LogP contribution is -2.42.